The minimum atomic E-state index is 0.0975. The number of anilines is 2. The van der Waals surface area contributed by atoms with Gasteiger partial charge < -0.3 is 20.7 Å². The number of methoxy groups -OCH3 is 1. The summed E-state index contributed by atoms with van der Waals surface area (Å²) in [6.07, 6.45) is 5.76. The largest absolute Gasteiger partial charge is 0.384 e. The molecule has 3 heterocycles. The summed E-state index contributed by atoms with van der Waals surface area (Å²) in [7, 11) is 1.65. The minimum absolute atomic E-state index is 0.0975. The minimum Gasteiger partial charge on any atom is -0.384 e. The molecule has 0 radical (unpaired) electrons. The van der Waals surface area contributed by atoms with E-state index >= 15 is 0 Å². The molecule has 8 heteroatoms. The number of rotatable bonds is 6. The fraction of sp³-hybridized carbons (Fsp3) is 0.722. The maximum absolute atomic E-state index is 12.3. The molecule has 0 saturated carbocycles. The highest BCUT2D eigenvalue weighted by Crippen LogP contribution is 2.26. The van der Waals surface area contributed by atoms with Crippen molar-refractivity contribution < 1.29 is 9.53 Å². The highest BCUT2D eigenvalue weighted by Gasteiger charge is 2.31. The molecule has 8 nitrogen and oxygen atoms in total. The molecule has 144 valence electrons. The molecule has 1 atom stereocenters. The standard InChI is InChI=1S/C18H30N6O2/c1-26-10-6-20-18(25)14-3-2-7-24(12-14)15-4-8-23(9-5-15)17-11-16(19)21-13-22-17/h11,13-15H,2-10,12H2,1H3,(H,20,25)(H2,19,21,22)/t14-/m1/s1. The number of amides is 1. The van der Waals surface area contributed by atoms with Gasteiger partial charge in [-0.1, -0.05) is 0 Å². The van der Waals surface area contributed by atoms with Crippen molar-refractivity contribution >= 4 is 17.5 Å². The van der Waals surface area contributed by atoms with E-state index in [-0.39, 0.29) is 11.8 Å². The van der Waals surface area contributed by atoms with Crippen LogP contribution in [0.4, 0.5) is 11.6 Å². The first-order valence-electron chi connectivity index (χ1n) is 9.50. The number of ether oxygens (including phenoxy) is 1. The predicted octanol–water partition coefficient (Wildman–Crippen LogP) is 0.502. The first kappa shape index (κ1) is 18.8. The first-order valence-corrected chi connectivity index (χ1v) is 9.50. The molecule has 0 aliphatic carbocycles. The quantitative estimate of drug-likeness (QED) is 0.712. The fourth-order valence-corrected chi connectivity index (χ4v) is 3.97. The van der Waals surface area contributed by atoms with Crippen molar-refractivity contribution in [3.05, 3.63) is 12.4 Å². The lowest BCUT2D eigenvalue weighted by atomic mass is 9.93. The Morgan fingerprint density at radius 2 is 2.12 bits per heavy atom. The van der Waals surface area contributed by atoms with Gasteiger partial charge in [0.25, 0.3) is 0 Å². The van der Waals surface area contributed by atoms with Crippen molar-refractivity contribution in [2.24, 2.45) is 5.92 Å². The molecule has 1 aromatic heterocycles. The van der Waals surface area contributed by atoms with Crippen molar-refractivity contribution in [3.63, 3.8) is 0 Å². The third-order valence-corrected chi connectivity index (χ3v) is 5.41. The van der Waals surface area contributed by atoms with Gasteiger partial charge in [-0.2, -0.15) is 0 Å². The normalized spacial score (nSPS) is 22.3. The molecule has 0 aromatic carbocycles. The summed E-state index contributed by atoms with van der Waals surface area (Å²) in [6, 6.07) is 2.38. The van der Waals surface area contributed by atoms with Crippen LogP contribution in [0.25, 0.3) is 0 Å². The molecule has 2 aliphatic rings. The summed E-state index contributed by atoms with van der Waals surface area (Å²) in [5, 5.41) is 2.99. The molecular formula is C18H30N6O2. The first-order chi connectivity index (χ1) is 12.7. The molecule has 0 bridgehead atoms. The molecule has 2 aliphatic heterocycles. The number of aromatic nitrogens is 2. The molecule has 3 N–H and O–H groups in total. The number of carbonyl (C=O) groups excluding carboxylic acids is 1. The summed E-state index contributed by atoms with van der Waals surface area (Å²) >= 11 is 0. The number of hydrogen-bond donors (Lipinski definition) is 2. The Kier molecular flexibility index (Phi) is 6.62. The second kappa shape index (κ2) is 9.14. The summed E-state index contributed by atoms with van der Waals surface area (Å²) in [5.74, 6) is 1.68. The van der Waals surface area contributed by atoms with Crippen LogP contribution in [-0.2, 0) is 9.53 Å². The van der Waals surface area contributed by atoms with Crippen LogP contribution >= 0.6 is 0 Å². The highest BCUT2D eigenvalue weighted by atomic mass is 16.5. The Bertz CT molecular complexity index is 591. The van der Waals surface area contributed by atoms with E-state index in [1.54, 1.807) is 7.11 Å². The third-order valence-electron chi connectivity index (χ3n) is 5.41. The van der Waals surface area contributed by atoms with Crippen LogP contribution in [0.3, 0.4) is 0 Å². The van der Waals surface area contributed by atoms with Crippen molar-refractivity contribution in [2.45, 2.75) is 31.7 Å². The van der Waals surface area contributed by atoms with Crippen LogP contribution < -0.4 is 16.0 Å². The Labute approximate surface area is 155 Å². The molecule has 0 spiro atoms. The lowest BCUT2D eigenvalue weighted by Gasteiger charge is -2.42. The van der Waals surface area contributed by atoms with Crippen molar-refractivity contribution in [1.82, 2.24) is 20.2 Å². The molecule has 26 heavy (non-hydrogen) atoms. The van der Waals surface area contributed by atoms with Gasteiger partial charge in [0.05, 0.1) is 12.5 Å². The number of hydrogen-bond acceptors (Lipinski definition) is 7. The van der Waals surface area contributed by atoms with Gasteiger partial charge in [0.1, 0.15) is 18.0 Å². The molecule has 2 saturated heterocycles. The van der Waals surface area contributed by atoms with Crippen LogP contribution in [0.15, 0.2) is 12.4 Å². The van der Waals surface area contributed by atoms with Gasteiger partial charge in [0, 0.05) is 45.4 Å². The van der Waals surface area contributed by atoms with E-state index in [0.29, 0.717) is 25.0 Å². The van der Waals surface area contributed by atoms with Gasteiger partial charge in [0.2, 0.25) is 5.91 Å². The number of piperidine rings is 2. The smallest absolute Gasteiger partial charge is 0.224 e. The van der Waals surface area contributed by atoms with Gasteiger partial charge in [0.15, 0.2) is 0 Å². The SMILES string of the molecule is COCCNC(=O)[C@@H]1CCCN(C2CCN(c3cc(N)ncn3)CC2)C1. The van der Waals surface area contributed by atoms with E-state index in [1.165, 1.54) is 6.33 Å². The van der Waals surface area contributed by atoms with E-state index in [9.17, 15) is 4.79 Å². The van der Waals surface area contributed by atoms with E-state index < -0.39 is 0 Å². The monoisotopic (exact) mass is 362 g/mol. The molecule has 2 fully saturated rings. The zero-order chi connectivity index (χ0) is 18.4. The van der Waals surface area contributed by atoms with E-state index in [4.69, 9.17) is 10.5 Å². The highest BCUT2D eigenvalue weighted by molar-refractivity contribution is 5.78. The van der Waals surface area contributed by atoms with E-state index in [0.717, 1.165) is 57.7 Å². The lowest BCUT2D eigenvalue weighted by Crippen LogP contribution is -2.51. The number of likely N-dealkylation sites (tertiary alicyclic amines) is 1. The van der Waals surface area contributed by atoms with Gasteiger partial charge in [-0.15, -0.1) is 0 Å². The Morgan fingerprint density at radius 3 is 2.85 bits per heavy atom. The Balaban J connectivity index is 1.48. The van der Waals surface area contributed by atoms with E-state index in [2.05, 4.69) is 25.1 Å². The molecule has 3 rings (SSSR count). The molecule has 1 amide bonds. The van der Waals surface area contributed by atoms with Crippen LogP contribution in [0.5, 0.6) is 0 Å². The number of nitrogen functional groups attached to an aromatic ring is 1. The average Bonchev–Trinajstić information content (AvgIpc) is 2.68. The predicted molar refractivity (Wildman–Crippen MR) is 101 cm³/mol. The van der Waals surface area contributed by atoms with Gasteiger partial charge in [-0.25, -0.2) is 9.97 Å². The van der Waals surface area contributed by atoms with Crippen LogP contribution in [0.2, 0.25) is 0 Å². The van der Waals surface area contributed by atoms with Crippen LogP contribution in [0, 0.1) is 5.92 Å². The number of nitrogens with one attached hydrogen (secondary N) is 1. The maximum atomic E-state index is 12.3. The summed E-state index contributed by atoms with van der Waals surface area (Å²) in [4.78, 5) is 25.4. The average molecular weight is 362 g/mol. The Hall–Kier alpha value is -1.93. The number of carbonyl (C=O) groups is 1. The van der Waals surface area contributed by atoms with Gasteiger partial charge in [-0.3, -0.25) is 9.69 Å². The summed E-state index contributed by atoms with van der Waals surface area (Å²) < 4.78 is 5.00. The molecule has 0 unspecified atom stereocenters. The van der Waals surface area contributed by atoms with Crippen molar-refractivity contribution in [3.8, 4) is 0 Å². The van der Waals surface area contributed by atoms with Gasteiger partial charge >= 0.3 is 0 Å². The third kappa shape index (κ3) is 4.82. The molecular weight excluding hydrogens is 332 g/mol. The van der Waals surface area contributed by atoms with Crippen molar-refractivity contribution in [1.29, 1.82) is 0 Å². The molecule has 1 aromatic rings. The summed E-state index contributed by atoms with van der Waals surface area (Å²) in [6.45, 7) is 5.03. The number of nitrogens with zero attached hydrogens (tertiary/aromatic N) is 4. The summed E-state index contributed by atoms with van der Waals surface area (Å²) in [5.41, 5.74) is 5.76. The fourth-order valence-electron chi connectivity index (χ4n) is 3.97. The topological polar surface area (TPSA) is 96.6 Å². The zero-order valence-electron chi connectivity index (χ0n) is 15.6. The zero-order valence-corrected chi connectivity index (χ0v) is 15.6. The van der Waals surface area contributed by atoms with Crippen molar-refractivity contribution in [2.75, 3.05) is 57.1 Å². The van der Waals surface area contributed by atoms with Crippen LogP contribution in [-0.4, -0.2) is 73.3 Å². The van der Waals surface area contributed by atoms with Gasteiger partial charge in [-0.05, 0) is 32.2 Å². The second-order valence-corrected chi connectivity index (χ2v) is 7.14. The lowest BCUT2D eigenvalue weighted by molar-refractivity contribution is -0.127. The Morgan fingerprint density at radius 1 is 1.31 bits per heavy atom. The maximum Gasteiger partial charge on any atom is 0.224 e. The van der Waals surface area contributed by atoms with E-state index in [1.807, 2.05) is 6.07 Å². The number of nitrogens with two attached hydrogens (primary N) is 1. The van der Waals surface area contributed by atoms with Crippen LogP contribution in [0.1, 0.15) is 25.7 Å². The second-order valence-electron chi connectivity index (χ2n) is 7.14.